The standard InChI is InChI=1S/C7H12NO2S/c1-2-11(9,10)8-6-4-3-5-7-8/h2-3H,1,4-7H2. The van der Waals surface area contributed by atoms with E-state index in [0.29, 0.717) is 13.1 Å². The summed E-state index contributed by atoms with van der Waals surface area (Å²) in [6, 6.07) is 0. The molecule has 1 saturated heterocycles. The Balaban J connectivity index is 2.66. The fourth-order valence-electron chi connectivity index (χ4n) is 1.09. The van der Waals surface area contributed by atoms with Gasteiger partial charge in [0.15, 0.2) is 0 Å². The second-order valence-corrected chi connectivity index (χ2v) is 4.36. The van der Waals surface area contributed by atoms with Gasteiger partial charge in [0.05, 0.1) is 0 Å². The van der Waals surface area contributed by atoms with Crippen LogP contribution in [0, 0.1) is 6.42 Å². The van der Waals surface area contributed by atoms with Crippen molar-refractivity contribution in [3.05, 3.63) is 18.4 Å². The third-order valence-electron chi connectivity index (χ3n) is 1.74. The maximum atomic E-state index is 11.1. The van der Waals surface area contributed by atoms with Crippen LogP contribution in [0.25, 0.3) is 0 Å². The lowest BCUT2D eigenvalue weighted by Gasteiger charge is -2.23. The number of piperidine rings is 1. The van der Waals surface area contributed by atoms with E-state index in [9.17, 15) is 8.42 Å². The predicted molar refractivity (Wildman–Crippen MR) is 44.2 cm³/mol. The molecule has 1 aliphatic rings. The van der Waals surface area contributed by atoms with E-state index in [1.807, 2.05) is 0 Å². The number of rotatable bonds is 2. The summed E-state index contributed by atoms with van der Waals surface area (Å²) in [4.78, 5) is 0. The third kappa shape index (κ3) is 2.04. The van der Waals surface area contributed by atoms with Crippen LogP contribution in [-0.4, -0.2) is 25.8 Å². The lowest BCUT2D eigenvalue weighted by atomic mass is 10.2. The largest absolute Gasteiger partial charge is 0.235 e. The van der Waals surface area contributed by atoms with Crippen molar-refractivity contribution in [3.8, 4) is 0 Å². The van der Waals surface area contributed by atoms with Crippen molar-refractivity contribution < 1.29 is 8.42 Å². The molecule has 0 unspecified atom stereocenters. The van der Waals surface area contributed by atoms with Crippen LogP contribution in [0.4, 0.5) is 0 Å². The monoisotopic (exact) mass is 174 g/mol. The van der Waals surface area contributed by atoms with Gasteiger partial charge in [-0.1, -0.05) is 6.58 Å². The molecule has 11 heavy (non-hydrogen) atoms. The Morgan fingerprint density at radius 2 is 1.91 bits per heavy atom. The highest BCUT2D eigenvalue weighted by Crippen LogP contribution is 2.12. The number of hydrogen-bond donors (Lipinski definition) is 0. The van der Waals surface area contributed by atoms with Crippen molar-refractivity contribution in [3.63, 3.8) is 0 Å². The zero-order valence-corrected chi connectivity index (χ0v) is 7.18. The van der Waals surface area contributed by atoms with E-state index in [0.717, 1.165) is 18.2 Å². The van der Waals surface area contributed by atoms with Crippen LogP contribution in [0.15, 0.2) is 12.0 Å². The first-order valence-electron chi connectivity index (χ1n) is 3.61. The predicted octanol–water partition coefficient (Wildman–Crippen LogP) is 0.760. The van der Waals surface area contributed by atoms with Gasteiger partial charge in [0.1, 0.15) is 0 Å². The van der Waals surface area contributed by atoms with Crippen molar-refractivity contribution in [2.75, 3.05) is 13.1 Å². The van der Waals surface area contributed by atoms with E-state index in [4.69, 9.17) is 0 Å². The molecule has 1 heterocycles. The Morgan fingerprint density at radius 1 is 1.36 bits per heavy atom. The Labute approximate surface area is 67.8 Å². The van der Waals surface area contributed by atoms with Crippen molar-refractivity contribution in [1.29, 1.82) is 0 Å². The Hall–Kier alpha value is -0.350. The van der Waals surface area contributed by atoms with Gasteiger partial charge in [-0.3, -0.25) is 0 Å². The average Bonchev–Trinajstić information content (AvgIpc) is 2.06. The van der Waals surface area contributed by atoms with Crippen LogP contribution in [0.2, 0.25) is 0 Å². The summed E-state index contributed by atoms with van der Waals surface area (Å²) in [5.74, 6) is 0. The van der Waals surface area contributed by atoms with E-state index in [2.05, 4.69) is 13.0 Å². The highest BCUT2D eigenvalue weighted by molar-refractivity contribution is 7.92. The molecule has 0 spiro atoms. The topological polar surface area (TPSA) is 37.4 Å². The minimum absolute atomic E-state index is 0.606. The Bertz CT molecular complexity index is 227. The first kappa shape index (κ1) is 8.74. The lowest BCUT2D eigenvalue weighted by molar-refractivity contribution is 0.389. The Kier molecular flexibility index (Phi) is 2.67. The number of sulfonamides is 1. The van der Waals surface area contributed by atoms with Gasteiger partial charge in [0, 0.05) is 18.5 Å². The molecule has 1 rings (SSSR count). The summed E-state index contributed by atoms with van der Waals surface area (Å²) in [5, 5.41) is 1.01. The van der Waals surface area contributed by atoms with Gasteiger partial charge < -0.3 is 0 Å². The van der Waals surface area contributed by atoms with E-state index in [1.165, 1.54) is 4.31 Å². The van der Waals surface area contributed by atoms with Crippen LogP contribution in [0.3, 0.4) is 0 Å². The van der Waals surface area contributed by atoms with E-state index in [-0.39, 0.29) is 0 Å². The van der Waals surface area contributed by atoms with E-state index >= 15 is 0 Å². The highest BCUT2D eigenvalue weighted by atomic mass is 32.2. The van der Waals surface area contributed by atoms with Gasteiger partial charge in [0.25, 0.3) is 0 Å². The first-order chi connectivity index (χ1) is 5.17. The van der Waals surface area contributed by atoms with Crippen LogP contribution >= 0.6 is 0 Å². The molecule has 1 aliphatic heterocycles. The highest BCUT2D eigenvalue weighted by Gasteiger charge is 2.20. The van der Waals surface area contributed by atoms with Gasteiger partial charge in [-0.15, -0.1) is 0 Å². The second kappa shape index (κ2) is 3.36. The molecule has 0 aromatic heterocycles. The van der Waals surface area contributed by atoms with Crippen LogP contribution in [0.5, 0.6) is 0 Å². The molecular weight excluding hydrogens is 162 g/mol. The first-order valence-corrected chi connectivity index (χ1v) is 5.11. The van der Waals surface area contributed by atoms with Gasteiger partial charge >= 0.3 is 0 Å². The van der Waals surface area contributed by atoms with Crippen molar-refractivity contribution in [1.82, 2.24) is 4.31 Å². The van der Waals surface area contributed by atoms with Crippen molar-refractivity contribution >= 4 is 10.0 Å². The minimum atomic E-state index is -3.14. The van der Waals surface area contributed by atoms with Crippen LogP contribution < -0.4 is 0 Å². The average molecular weight is 174 g/mol. The molecule has 63 valence electrons. The van der Waals surface area contributed by atoms with Gasteiger partial charge in [-0.05, 0) is 19.3 Å². The summed E-state index contributed by atoms with van der Waals surface area (Å²) in [5.41, 5.74) is 0. The molecule has 1 fully saturated rings. The molecule has 3 nitrogen and oxygen atoms in total. The quantitative estimate of drug-likeness (QED) is 0.619. The van der Waals surface area contributed by atoms with E-state index in [1.54, 1.807) is 0 Å². The van der Waals surface area contributed by atoms with Crippen molar-refractivity contribution in [2.45, 2.75) is 12.8 Å². The van der Waals surface area contributed by atoms with Gasteiger partial charge in [-0.25, -0.2) is 8.42 Å². The molecule has 0 bridgehead atoms. The minimum Gasteiger partial charge on any atom is -0.208 e. The number of nitrogens with zero attached hydrogens (tertiary/aromatic N) is 1. The number of hydrogen-bond acceptors (Lipinski definition) is 2. The maximum Gasteiger partial charge on any atom is 0.235 e. The third-order valence-corrected chi connectivity index (χ3v) is 3.24. The maximum absolute atomic E-state index is 11.1. The molecule has 0 saturated carbocycles. The van der Waals surface area contributed by atoms with E-state index < -0.39 is 10.0 Å². The SMILES string of the molecule is C=CS(=O)(=O)N1CC[CH]CC1. The molecule has 0 atom stereocenters. The Morgan fingerprint density at radius 3 is 2.36 bits per heavy atom. The smallest absolute Gasteiger partial charge is 0.208 e. The zero-order chi connectivity index (χ0) is 8.32. The normalized spacial score (nSPS) is 21.5. The zero-order valence-electron chi connectivity index (χ0n) is 6.36. The molecular formula is C7H12NO2S. The summed E-state index contributed by atoms with van der Waals surface area (Å²) < 4.78 is 23.8. The molecule has 0 N–H and O–H groups in total. The van der Waals surface area contributed by atoms with Crippen molar-refractivity contribution in [2.24, 2.45) is 0 Å². The van der Waals surface area contributed by atoms with Crippen LogP contribution in [-0.2, 0) is 10.0 Å². The molecule has 4 heteroatoms. The summed E-state index contributed by atoms with van der Waals surface area (Å²) in [7, 11) is -3.14. The summed E-state index contributed by atoms with van der Waals surface area (Å²) in [6.45, 7) is 4.48. The fraction of sp³-hybridized carbons (Fsp3) is 0.571. The molecule has 0 aliphatic carbocycles. The molecule has 0 aromatic rings. The fourth-order valence-corrected chi connectivity index (χ4v) is 2.02. The lowest BCUT2D eigenvalue weighted by Crippen LogP contribution is -2.34. The molecule has 0 aromatic carbocycles. The summed E-state index contributed by atoms with van der Waals surface area (Å²) in [6.07, 6.45) is 3.81. The molecule has 0 amide bonds. The molecule has 1 radical (unpaired) electrons. The van der Waals surface area contributed by atoms with Gasteiger partial charge in [-0.2, -0.15) is 4.31 Å². The van der Waals surface area contributed by atoms with Crippen LogP contribution in [0.1, 0.15) is 12.8 Å². The summed E-state index contributed by atoms with van der Waals surface area (Å²) >= 11 is 0. The van der Waals surface area contributed by atoms with Gasteiger partial charge in [0.2, 0.25) is 10.0 Å². The second-order valence-electron chi connectivity index (χ2n) is 2.48.